The highest BCUT2D eigenvalue weighted by Crippen LogP contribution is 2.18. The molecule has 13 heavy (non-hydrogen) atoms. The lowest BCUT2D eigenvalue weighted by molar-refractivity contribution is 0.359. The van der Waals surface area contributed by atoms with Crippen molar-refractivity contribution in [3.63, 3.8) is 0 Å². The Morgan fingerprint density at radius 1 is 1.54 bits per heavy atom. The molecule has 0 bridgehead atoms. The van der Waals surface area contributed by atoms with Gasteiger partial charge in [0.05, 0.1) is 0 Å². The summed E-state index contributed by atoms with van der Waals surface area (Å²) >= 11 is 5.31. The van der Waals surface area contributed by atoms with E-state index >= 15 is 0 Å². The smallest absolute Gasteiger partial charge is 0.123 e. The maximum absolute atomic E-state index is 12.6. The van der Waals surface area contributed by atoms with E-state index < -0.39 is 0 Å². The van der Waals surface area contributed by atoms with Gasteiger partial charge in [0, 0.05) is 5.54 Å². The second kappa shape index (κ2) is 4.87. The van der Waals surface area contributed by atoms with E-state index in [-0.39, 0.29) is 5.82 Å². The third-order valence-electron chi connectivity index (χ3n) is 1.56. The van der Waals surface area contributed by atoms with Crippen molar-refractivity contribution in [1.82, 2.24) is 0 Å². The Morgan fingerprint density at radius 2 is 2.31 bits per heavy atom. The first kappa shape index (κ1) is 10.1. The second-order valence-electron chi connectivity index (χ2n) is 2.58. The maximum Gasteiger partial charge on any atom is 0.123 e. The Hall–Kier alpha value is -1.02. The first-order chi connectivity index (χ1) is 6.24. The van der Waals surface area contributed by atoms with Gasteiger partial charge >= 0.3 is 0 Å². The van der Waals surface area contributed by atoms with E-state index in [0.717, 1.165) is 5.56 Å². The molecule has 0 aliphatic carbocycles. The molecule has 0 N–H and O–H groups in total. The molecule has 1 nitrogen and oxygen atoms in total. The molecule has 0 heterocycles. The summed E-state index contributed by atoms with van der Waals surface area (Å²) in [6, 6.07) is 4.40. The zero-order valence-electron chi connectivity index (χ0n) is 7.26. The van der Waals surface area contributed by atoms with Crippen LogP contribution in [-0.2, 0) is 0 Å². The first-order valence-electron chi connectivity index (χ1n) is 3.88. The summed E-state index contributed by atoms with van der Waals surface area (Å²) in [4.78, 5) is 0. The number of aryl methyl sites for hydroxylation is 1. The van der Waals surface area contributed by atoms with Gasteiger partial charge in [-0.3, -0.25) is 0 Å². The summed E-state index contributed by atoms with van der Waals surface area (Å²) in [5.41, 5.74) is 2.17. The molecule has 0 aliphatic rings. The van der Waals surface area contributed by atoms with E-state index in [1.807, 2.05) is 0 Å². The van der Waals surface area contributed by atoms with Crippen LogP contribution < -0.4 is 4.74 Å². The Labute approximate surface area is 81.8 Å². The van der Waals surface area contributed by atoms with Crippen molar-refractivity contribution in [2.24, 2.45) is 0 Å². The number of benzene rings is 1. The fourth-order valence-electron chi connectivity index (χ4n) is 0.949. The van der Waals surface area contributed by atoms with E-state index in [4.69, 9.17) is 16.3 Å². The van der Waals surface area contributed by atoms with Crippen LogP contribution in [0.4, 0.5) is 4.39 Å². The van der Waals surface area contributed by atoms with Crippen LogP contribution in [0.1, 0.15) is 5.56 Å². The Kier molecular flexibility index (Phi) is 3.77. The van der Waals surface area contributed by atoms with Crippen LogP contribution in [0, 0.1) is 12.7 Å². The normalized spacial score (nSPS) is 10.7. The summed E-state index contributed by atoms with van der Waals surface area (Å²) in [5.74, 6) is 0.425. The summed E-state index contributed by atoms with van der Waals surface area (Å²) in [6.07, 6.45) is 1.67. The molecule has 0 atom stereocenters. The van der Waals surface area contributed by atoms with Crippen LogP contribution in [0.15, 0.2) is 29.8 Å². The van der Waals surface area contributed by atoms with Gasteiger partial charge in [0.15, 0.2) is 0 Å². The average Bonchev–Trinajstić information content (AvgIpc) is 2.09. The zero-order chi connectivity index (χ0) is 9.68. The van der Waals surface area contributed by atoms with Crippen molar-refractivity contribution >= 4 is 11.6 Å². The van der Waals surface area contributed by atoms with Crippen molar-refractivity contribution in [2.45, 2.75) is 6.92 Å². The maximum atomic E-state index is 12.6. The fourth-order valence-corrected chi connectivity index (χ4v) is 1.02. The number of hydrogen-bond acceptors (Lipinski definition) is 1. The zero-order valence-corrected chi connectivity index (χ0v) is 8.01. The summed E-state index contributed by atoms with van der Waals surface area (Å²) in [6.45, 7) is 2.19. The lowest BCUT2D eigenvalue weighted by Gasteiger charge is -2.05. The highest BCUT2D eigenvalue weighted by Gasteiger charge is 1.99. The predicted octanol–water partition coefficient (Wildman–Crippen LogP) is 3.27. The van der Waals surface area contributed by atoms with Gasteiger partial charge in [0.25, 0.3) is 0 Å². The topological polar surface area (TPSA) is 9.23 Å². The van der Waals surface area contributed by atoms with Crippen molar-refractivity contribution in [2.75, 3.05) is 6.61 Å². The molecule has 0 aromatic heterocycles. The third-order valence-corrected chi connectivity index (χ3v) is 1.74. The molecular formula is C10H10ClFO. The van der Waals surface area contributed by atoms with Gasteiger partial charge in [-0.05, 0) is 36.8 Å². The molecule has 70 valence electrons. The molecule has 0 aliphatic heterocycles. The Balaban J connectivity index is 2.66. The first-order valence-corrected chi connectivity index (χ1v) is 4.32. The highest BCUT2D eigenvalue weighted by atomic mass is 35.5. The van der Waals surface area contributed by atoms with Crippen LogP contribution in [0.5, 0.6) is 5.75 Å². The standard InChI is InChI=1S/C10H10ClFO/c1-8-7-9(12)3-4-10(8)13-6-2-5-11/h2-5,7H,6H2,1H3/b5-2+. The minimum Gasteiger partial charge on any atom is -0.489 e. The lowest BCUT2D eigenvalue weighted by Crippen LogP contribution is -1.95. The van der Waals surface area contributed by atoms with Gasteiger partial charge in [0.1, 0.15) is 18.2 Å². The van der Waals surface area contributed by atoms with E-state index in [0.29, 0.717) is 12.4 Å². The van der Waals surface area contributed by atoms with Gasteiger partial charge < -0.3 is 4.74 Å². The Bertz CT molecular complexity index is 310. The number of hydrogen-bond donors (Lipinski definition) is 0. The molecular weight excluding hydrogens is 191 g/mol. The SMILES string of the molecule is Cc1cc(F)ccc1OC/C=C/Cl. The molecule has 0 unspecified atom stereocenters. The number of rotatable bonds is 3. The fraction of sp³-hybridized carbons (Fsp3) is 0.200. The third kappa shape index (κ3) is 3.07. The lowest BCUT2D eigenvalue weighted by atomic mass is 10.2. The predicted molar refractivity (Wildman–Crippen MR) is 51.6 cm³/mol. The quantitative estimate of drug-likeness (QED) is 0.728. The van der Waals surface area contributed by atoms with Gasteiger partial charge in [-0.15, -0.1) is 0 Å². The minimum atomic E-state index is -0.252. The van der Waals surface area contributed by atoms with E-state index in [1.54, 1.807) is 19.1 Å². The minimum absolute atomic E-state index is 0.252. The molecule has 3 heteroatoms. The van der Waals surface area contributed by atoms with Crippen LogP contribution in [0.2, 0.25) is 0 Å². The number of ether oxygens (including phenoxy) is 1. The molecule has 0 spiro atoms. The van der Waals surface area contributed by atoms with Crippen LogP contribution in [-0.4, -0.2) is 6.61 Å². The van der Waals surface area contributed by atoms with Gasteiger partial charge in [-0.1, -0.05) is 11.6 Å². The highest BCUT2D eigenvalue weighted by molar-refractivity contribution is 6.25. The van der Waals surface area contributed by atoms with Crippen molar-refractivity contribution in [1.29, 1.82) is 0 Å². The largest absolute Gasteiger partial charge is 0.489 e. The molecule has 0 fully saturated rings. The molecule has 1 rings (SSSR count). The summed E-state index contributed by atoms with van der Waals surface area (Å²) in [5, 5.41) is 0. The Morgan fingerprint density at radius 3 is 2.92 bits per heavy atom. The molecule has 0 amide bonds. The summed E-state index contributed by atoms with van der Waals surface area (Å²) < 4.78 is 17.9. The molecule has 1 aromatic carbocycles. The number of halogens is 2. The van der Waals surface area contributed by atoms with Crippen molar-refractivity contribution in [3.05, 3.63) is 41.2 Å². The average molecular weight is 201 g/mol. The summed E-state index contributed by atoms with van der Waals surface area (Å²) in [7, 11) is 0. The molecule has 0 saturated carbocycles. The van der Waals surface area contributed by atoms with Crippen LogP contribution in [0.3, 0.4) is 0 Å². The second-order valence-corrected chi connectivity index (χ2v) is 2.83. The van der Waals surface area contributed by atoms with Crippen LogP contribution in [0.25, 0.3) is 0 Å². The molecule has 1 aromatic rings. The van der Waals surface area contributed by atoms with Crippen molar-refractivity contribution < 1.29 is 9.13 Å². The van der Waals surface area contributed by atoms with E-state index in [9.17, 15) is 4.39 Å². The monoisotopic (exact) mass is 200 g/mol. The van der Waals surface area contributed by atoms with Gasteiger partial charge in [0.2, 0.25) is 0 Å². The van der Waals surface area contributed by atoms with Crippen LogP contribution >= 0.6 is 11.6 Å². The van der Waals surface area contributed by atoms with Gasteiger partial charge in [-0.2, -0.15) is 0 Å². The van der Waals surface area contributed by atoms with Crippen molar-refractivity contribution in [3.8, 4) is 5.75 Å². The van der Waals surface area contributed by atoms with E-state index in [2.05, 4.69) is 0 Å². The molecule has 0 saturated heterocycles. The van der Waals surface area contributed by atoms with E-state index in [1.165, 1.54) is 17.7 Å². The molecule has 0 radical (unpaired) electrons. The van der Waals surface area contributed by atoms with Gasteiger partial charge in [-0.25, -0.2) is 4.39 Å².